The number of aliphatic hydroxyl groups is 2. The third kappa shape index (κ3) is 3.78. The van der Waals surface area contributed by atoms with E-state index >= 15 is 0 Å². The summed E-state index contributed by atoms with van der Waals surface area (Å²) >= 11 is 0.274. The van der Waals surface area contributed by atoms with Crippen molar-refractivity contribution in [2.24, 2.45) is 0 Å². The van der Waals surface area contributed by atoms with Gasteiger partial charge in [0.25, 0.3) is 5.75 Å². The molecule has 0 saturated carbocycles. The van der Waals surface area contributed by atoms with E-state index in [0.717, 1.165) is 0 Å². The molecular weight excluding hydrogens is 116 g/mol. The van der Waals surface area contributed by atoms with Gasteiger partial charge in [0.2, 0.25) is 0 Å². The van der Waals surface area contributed by atoms with Crippen LogP contribution in [-0.2, 0) is 15.9 Å². The number of aliphatic hydroxyl groups excluding tert-OH is 2. The van der Waals surface area contributed by atoms with E-state index in [4.69, 9.17) is 10.2 Å². The van der Waals surface area contributed by atoms with Crippen LogP contribution in [0.25, 0.3) is 0 Å². The highest BCUT2D eigenvalue weighted by Gasteiger charge is 2.08. The van der Waals surface area contributed by atoms with Crippen LogP contribution in [0.4, 0.5) is 0 Å². The van der Waals surface area contributed by atoms with E-state index in [0.29, 0.717) is 0 Å². The molecule has 3 nitrogen and oxygen atoms in total. The zero-order valence-corrected chi connectivity index (χ0v) is 4.52. The van der Waals surface area contributed by atoms with Gasteiger partial charge in [0.1, 0.15) is 6.10 Å². The van der Waals surface area contributed by atoms with Crippen LogP contribution in [0.1, 0.15) is 0 Å². The molecule has 7 heavy (non-hydrogen) atoms. The molecule has 0 aliphatic rings. The minimum atomic E-state index is -0.845. The second-order valence-electron chi connectivity index (χ2n) is 1.12. The maximum absolute atomic E-state index is 9.54. The molecule has 2 N–H and O–H groups in total. The lowest BCUT2D eigenvalue weighted by atomic mass is 10.4. The number of hydrogen-bond acceptors (Lipinski definition) is 3. The average Bonchev–Trinajstić information content (AvgIpc) is 1.68. The summed E-state index contributed by atoms with van der Waals surface area (Å²) in [7, 11) is 0. The molecule has 0 aliphatic heterocycles. The van der Waals surface area contributed by atoms with E-state index in [9.17, 15) is 4.21 Å². The van der Waals surface area contributed by atoms with Gasteiger partial charge in [-0.3, -0.25) is 0 Å². The van der Waals surface area contributed by atoms with Crippen molar-refractivity contribution in [3.05, 3.63) is 0 Å². The van der Waals surface area contributed by atoms with Crippen molar-refractivity contribution in [2.75, 3.05) is 12.4 Å². The molecule has 0 amide bonds. The fourth-order valence-electron chi connectivity index (χ4n) is 0.131. The maximum Gasteiger partial charge on any atom is 0.461 e. The second-order valence-corrected chi connectivity index (χ2v) is 1.69. The molecule has 42 valence electrons. The Labute approximate surface area is 45.5 Å². The summed E-state index contributed by atoms with van der Waals surface area (Å²) in [4.78, 5) is 0. The normalized spacial score (nSPS) is 13.4. The minimum absolute atomic E-state index is 0.0660. The molecule has 0 aliphatic carbocycles. The fourth-order valence-corrected chi connectivity index (χ4v) is 0.394. The molecule has 1 atom stereocenters. The van der Waals surface area contributed by atoms with E-state index in [-0.39, 0.29) is 24.0 Å². The van der Waals surface area contributed by atoms with Crippen LogP contribution in [0, 0.1) is 0 Å². The Morgan fingerprint density at radius 2 is 2.29 bits per heavy atom. The molecule has 0 heterocycles. The van der Waals surface area contributed by atoms with Gasteiger partial charge in [-0.25, -0.2) is 0 Å². The van der Waals surface area contributed by atoms with Crippen molar-refractivity contribution in [1.29, 1.82) is 0 Å². The molecule has 4 heteroatoms. The Morgan fingerprint density at radius 1 is 1.71 bits per heavy atom. The van der Waals surface area contributed by atoms with E-state index in [1.165, 1.54) is 0 Å². The highest BCUT2D eigenvalue weighted by molar-refractivity contribution is 7.65. The smallest absolute Gasteiger partial charge is 0.393 e. The molecule has 0 aromatic rings. The van der Waals surface area contributed by atoms with Crippen LogP contribution >= 0.6 is 0 Å². The Kier molecular flexibility index (Phi) is 4.07. The number of hydrogen-bond donors (Lipinski definition) is 2. The van der Waals surface area contributed by atoms with Crippen molar-refractivity contribution >= 4 is 11.7 Å². The van der Waals surface area contributed by atoms with Gasteiger partial charge in [0.05, 0.1) is 6.61 Å². The molecule has 0 fully saturated rings. The maximum atomic E-state index is 9.54. The SMILES string of the molecule is O=[S+]C[C@H](O)CO. The topological polar surface area (TPSA) is 57.5 Å². The first kappa shape index (κ1) is 6.94. The van der Waals surface area contributed by atoms with Crippen LogP contribution in [0.2, 0.25) is 0 Å². The summed E-state index contributed by atoms with van der Waals surface area (Å²) in [6.45, 7) is -0.324. The predicted molar refractivity (Wildman–Crippen MR) is 26.0 cm³/mol. The van der Waals surface area contributed by atoms with Crippen molar-refractivity contribution in [2.45, 2.75) is 6.10 Å². The van der Waals surface area contributed by atoms with Crippen molar-refractivity contribution < 1.29 is 14.4 Å². The molecule has 0 unspecified atom stereocenters. The van der Waals surface area contributed by atoms with Crippen molar-refractivity contribution in [3.8, 4) is 0 Å². The minimum Gasteiger partial charge on any atom is -0.393 e. The van der Waals surface area contributed by atoms with Crippen LogP contribution in [0.3, 0.4) is 0 Å². The van der Waals surface area contributed by atoms with Crippen molar-refractivity contribution in [3.63, 3.8) is 0 Å². The molecular formula is C3H7O3S+. The Balaban J connectivity index is 2.98. The first-order valence-electron chi connectivity index (χ1n) is 1.85. The third-order valence-electron chi connectivity index (χ3n) is 0.471. The van der Waals surface area contributed by atoms with E-state index in [1.54, 1.807) is 0 Å². The van der Waals surface area contributed by atoms with Gasteiger partial charge in [-0.15, -0.1) is 0 Å². The summed E-state index contributed by atoms with van der Waals surface area (Å²) < 4.78 is 9.54. The molecule has 0 saturated heterocycles. The first-order chi connectivity index (χ1) is 3.31. The fraction of sp³-hybridized carbons (Fsp3) is 1.00. The lowest BCUT2D eigenvalue weighted by Crippen LogP contribution is -2.15. The summed E-state index contributed by atoms with van der Waals surface area (Å²) in [5, 5.41) is 16.5. The Hall–Kier alpha value is -0.0600. The lowest BCUT2D eigenvalue weighted by molar-refractivity contribution is 0.113. The predicted octanol–water partition coefficient (Wildman–Crippen LogP) is -1.23. The molecule has 0 aromatic carbocycles. The van der Waals surface area contributed by atoms with Crippen LogP contribution < -0.4 is 0 Å². The summed E-state index contributed by atoms with van der Waals surface area (Å²) in [5.41, 5.74) is 0. The van der Waals surface area contributed by atoms with Gasteiger partial charge < -0.3 is 10.2 Å². The highest BCUT2D eigenvalue weighted by atomic mass is 32.1. The van der Waals surface area contributed by atoms with Crippen molar-refractivity contribution in [1.82, 2.24) is 0 Å². The second kappa shape index (κ2) is 4.11. The molecule has 0 rings (SSSR count). The molecule has 0 spiro atoms. The largest absolute Gasteiger partial charge is 0.461 e. The van der Waals surface area contributed by atoms with Gasteiger partial charge in [-0.2, -0.15) is 0 Å². The highest BCUT2D eigenvalue weighted by Crippen LogP contribution is 1.75. The molecule has 0 radical (unpaired) electrons. The zero-order chi connectivity index (χ0) is 5.70. The van der Waals surface area contributed by atoms with Crippen LogP contribution in [0.15, 0.2) is 0 Å². The summed E-state index contributed by atoms with van der Waals surface area (Å²) in [6.07, 6.45) is -0.845. The Bertz CT molecular complexity index is 56.1. The van der Waals surface area contributed by atoms with E-state index in [2.05, 4.69) is 0 Å². The van der Waals surface area contributed by atoms with Crippen LogP contribution in [0.5, 0.6) is 0 Å². The summed E-state index contributed by atoms with van der Waals surface area (Å²) in [6, 6.07) is 0. The Morgan fingerprint density at radius 3 is 2.43 bits per heavy atom. The number of rotatable bonds is 3. The quantitative estimate of drug-likeness (QED) is 0.462. The van der Waals surface area contributed by atoms with E-state index in [1.807, 2.05) is 0 Å². The third-order valence-corrected chi connectivity index (χ3v) is 0.992. The molecule has 0 bridgehead atoms. The lowest BCUT2D eigenvalue weighted by Gasteiger charge is -1.89. The van der Waals surface area contributed by atoms with Gasteiger partial charge in [-0.1, -0.05) is 0 Å². The van der Waals surface area contributed by atoms with Gasteiger partial charge in [-0.05, 0) is 0 Å². The van der Waals surface area contributed by atoms with Gasteiger partial charge >= 0.3 is 11.7 Å². The monoisotopic (exact) mass is 123 g/mol. The van der Waals surface area contributed by atoms with Gasteiger partial charge in [0, 0.05) is 4.21 Å². The van der Waals surface area contributed by atoms with E-state index < -0.39 is 6.10 Å². The summed E-state index contributed by atoms with van der Waals surface area (Å²) in [5.74, 6) is 0.0660. The average molecular weight is 123 g/mol. The zero-order valence-electron chi connectivity index (χ0n) is 3.70. The molecule has 0 aromatic heterocycles. The van der Waals surface area contributed by atoms with Crippen LogP contribution in [-0.4, -0.2) is 28.7 Å². The first-order valence-corrected chi connectivity index (χ1v) is 2.76. The van der Waals surface area contributed by atoms with Gasteiger partial charge in [0.15, 0.2) is 0 Å². The standard InChI is InChI=1S/C3H7O3S/c4-1-3(5)2-7-6/h3-5H,1-2H2/q+1/t3-/m1/s1.